The molecule has 5 heteroatoms. The molecule has 216 valence electrons. The maximum absolute atomic E-state index is 12.1. The second-order valence-corrected chi connectivity index (χ2v) is 12.7. The summed E-state index contributed by atoms with van der Waals surface area (Å²) in [5.74, 6) is 0. The molecule has 2 rings (SSSR count). The fourth-order valence-corrected chi connectivity index (χ4v) is 6.52. The monoisotopic (exact) mass is 582 g/mol. The van der Waals surface area contributed by atoms with Gasteiger partial charge in [0.1, 0.15) is 10.1 Å². The largest absolute Gasteiger partial charge is 1.00 e. The number of fused-ring (bicyclic) bond motifs is 1. The molecule has 0 saturated carbocycles. The number of hydrogen-bond donors (Lipinski definition) is 0. The molecule has 0 heterocycles. The Morgan fingerprint density at radius 1 is 0.564 bits per heavy atom. The second kappa shape index (κ2) is 22.8. The Morgan fingerprint density at radius 3 is 1.46 bits per heavy atom. The molecule has 0 aliphatic carbocycles. The topological polar surface area (TPSA) is 57.2 Å². The Balaban J connectivity index is 0.00000760. The zero-order valence-electron chi connectivity index (χ0n) is 25.6. The van der Waals surface area contributed by atoms with Crippen molar-refractivity contribution in [1.29, 1.82) is 0 Å². The van der Waals surface area contributed by atoms with Crippen LogP contribution in [0, 0.1) is 0 Å². The third-order valence-electron chi connectivity index (χ3n) is 8.06. The van der Waals surface area contributed by atoms with E-state index >= 15 is 0 Å². The average Bonchev–Trinajstić information content (AvgIpc) is 2.90. The summed E-state index contributed by atoms with van der Waals surface area (Å²) in [7, 11) is -4.52. The first kappa shape index (κ1) is 37.3. The Hall–Kier alpha value is 0.246. The number of benzene rings is 2. The van der Waals surface area contributed by atoms with E-state index in [1.54, 1.807) is 6.07 Å². The van der Waals surface area contributed by atoms with E-state index < -0.39 is 10.1 Å². The molecule has 0 bridgehead atoms. The van der Waals surface area contributed by atoms with E-state index in [0.717, 1.165) is 43.1 Å². The van der Waals surface area contributed by atoms with Crippen LogP contribution in [0.25, 0.3) is 10.8 Å². The van der Waals surface area contributed by atoms with Gasteiger partial charge in [-0.25, -0.2) is 8.42 Å². The predicted octanol–water partition coefficient (Wildman–Crippen LogP) is 7.67. The van der Waals surface area contributed by atoms with Crippen LogP contribution in [0.1, 0.15) is 153 Å². The Morgan fingerprint density at radius 2 is 1.00 bits per heavy atom. The van der Waals surface area contributed by atoms with Gasteiger partial charge in [0.25, 0.3) is 0 Å². The van der Waals surface area contributed by atoms with Crippen molar-refractivity contribution in [3.63, 3.8) is 0 Å². The summed E-state index contributed by atoms with van der Waals surface area (Å²) in [5, 5.41) is 1.55. The molecular weight excluding hydrogens is 528 g/mol. The van der Waals surface area contributed by atoms with Gasteiger partial charge in [-0.2, -0.15) is 0 Å². The average molecular weight is 583 g/mol. The van der Waals surface area contributed by atoms with Gasteiger partial charge in [0, 0.05) is 5.39 Å². The zero-order chi connectivity index (χ0) is 27.5. The first-order valence-electron chi connectivity index (χ1n) is 16.0. The van der Waals surface area contributed by atoms with Gasteiger partial charge < -0.3 is 4.55 Å². The summed E-state index contributed by atoms with van der Waals surface area (Å²) in [6.07, 6.45) is 27.6. The molecule has 0 aliphatic heterocycles. The fraction of sp³-hybridized carbons (Fsp3) is 0.706. The quantitative estimate of drug-likeness (QED) is 0.0767. The predicted molar refractivity (Wildman–Crippen MR) is 163 cm³/mol. The van der Waals surface area contributed by atoms with Crippen molar-refractivity contribution in [3.05, 3.63) is 41.5 Å². The van der Waals surface area contributed by atoms with Crippen LogP contribution in [0.15, 0.2) is 35.2 Å². The molecule has 0 amide bonds. The molecule has 3 nitrogen and oxygen atoms in total. The standard InChI is InChI=1S/C34H56O3S.K/c1-3-5-7-9-11-13-15-17-19-21-24-30-28-29-31-25-23-27-33(38(35,36)37)34(31)32(30)26-22-20-18-16-14-12-10-8-6-4-2;/h23,25,27-29H,3-22,24,26H2,1-2H3,(H,35,36,37);/q;+1/p-1. The number of unbranched alkanes of at least 4 members (excludes halogenated alkanes) is 18. The van der Waals surface area contributed by atoms with Crippen LogP contribution in [0.5, 0.6) is 0 Å². The van der Waals surface area contributed by atoms with Crippen LogP contribution >= 0.6 is 0 Å². The van der Waals surface area contributed by atoms with Crippen LogP contribution in [0.2, 0.25) is 0 Å². The molecule has 0 N–H and O–H groups in total. The molecule has 0 aromatic heterocycles. The molecule has 0 atom stereocenters. The van der Waals surface area contributed by atoms with E-state index in [1.807, 2.05) is 12.1 Å². The van der Waals surface area contributed by atoms with Crippen LogP contribution in [-0.4, -0.2) is 13.0 Å². The summed E-state index contributed by atoms with van der Waals surface area (Å²) < 4.78 is 36.4. The van der Waals surface area contributed by atoms with Gasteiger partial charge in [-0.15, -0.1) is 0 Å². The SMILES string of the molecule is CCCCCCCCCCCCc1ccc2cccc(S(=O)(=O)[O-])c2c1CCCCCCCCCCCC.[K+]. The van der Waals surface area contributed by atoms with Gasteiger partial charge in [0.05, 0.1) is 4.90 Å². The minimum atomic E-state index is -4.52. The van der Waals surface area contributed by atoms with Gasteiger partial charge >= 0.3 is 51.4 Å². The fourth-order valence-electron chi connectivity index (χ4n) is 5.78. The minimum absolute atomic E-state index is 0. The molecule has 0 spiro atoms. The van der Waals surface area contributed by atoms with Crippen molar-refractivity contribution >= 4 is 20.9 Å². The smallest absolute Gasteiger partial charge is 0.744 e. The normalized spacial score (nSPS) is 11.7. The van der Waals surface area contributed by atoms with Gasteiger partial charge in [0.2, 0.25) is 0 Å². The first-order valence-corrected chi connectivity index (χ1v) is 17.4. The summed E-state index contributed by atoms with van der Waals surface area (Å²) in [6.45, 7) is 4.52. The van der Waals surface area contributed by atoms with Gasteiger partial charge in [0.15, 0.2) is 0 Å². The van der Waals surface area contributed by atoms with Crippen LogP contribution in [0.4, 0.5) is 0 Å². The summed E-state index contributed by atoms with van der Waals surface area (Å²) in [5.41, 5.74) is 2.34. The molecule has 0 aliphatic rings. The molecule has 0 unspecified atom stereocenters. The number of rotatable bonds is 23. The van der Waals surface area contributed by atoms with Crippen molar-refractivity contribution in [2.75, 3.05) is 0 Å². The Labute approximate surface area is 283 Å². The Bertz CT molecular complexity index is 1000. The molecule has 0 radical (unpaired) electrons. The summed E-state index contributed by atoms with van der Waals surface area (Å²) in [4.78, 5) is -0.0398. The van der Waals surface area contributed by atoms with Gasteiger partial charge in [-0.05, 0) is 48.3 Å². The van der Waals surface area contributed by atoms with Crippen LogP contribution < -0.4 is 51.4 Å². The van der Waals surface area contributed by atoms with Crippen molar-refractivity contribution in [3.8, 4) is 0 Å². The Kier molecular flexibility index (Phi) is 21.8. The van der Waals surface area contributed by atoms with E-state index in [9.17, 15) is 13.0 Å². The third-order valence-corrected chi connectivity index (χ3v) is 8.94. The van der Waals surface area contributed by atoms with E-state index in [-0.39, 0.29) is 56.3 Å². The van der Waals surface area contributed by atoms with E-state index in [4.69, 9.17) is 0 Å². The van der Waals surface area contributed by atoms with E-state index in [2.05, 4.69) is 19.9 Å². The second-order valence-electron chi connectivity index (χ2n) is 11.4. The first-order chi connectivity index (χ1) is 18.5. The van der Waals surface area contributed by atoms with Gasteiger partial charge in [-0.3, -0.25) is 0 Å². The van der Waals surface area contributed by atoms with Crippen LogP contribution in [-0.2, 0) is 23.0 Å². The number of hydrogen-bond acceptors (Lipinski definition) is 3. The zero-order valence-corrected chi connectivity index (χ0v) is 29.5. The van der Waals surface area contributed by atoms with E-state index in [0.29, 0.717) is 5.39 Å². The molecule has 0 fully saturated rings. The van der Waals surface area contributed by atoms with Crippen molar-refractivity contribution in [2.45, 2.75) is 160 Å². The van der Waals surface area contributed by atoms with E-state index in [1.165, 1.54) is 121 Å². The van der Waals surface area contributed by atoms with Crippen molar-refractivity contribution < 1.29 is 64.4 Å². The third kappa shape index (κ3) is 15.3. The maximum atomic E-state index is 12.1. The summed E-state index contributed by atoms with van der Waals surface area (Å²) >= 11 is 0. The van der Waals surface area contributed by atoms with Gasteiger partial charge in [-0.1, -0.05) is 154 Å². The molecule has 2 aromatic carbocycles. The van der Waals surface area contributed by atoms with Crippen molar-refractivity contribution in [2.24, 2.45) is 0 Å². The summed E-state index contributed by atoms with van der Waals surface area (Å²) in [6, 6.07) is 9.33. The van der Waals surface area contributed by atoms with Crippen LogP contribution in [0.3, 0.4) is 0 Å². The molecule has 2 aromatic rings. The number of aryl methyl sites for hydroxylation is 2. The van der Waals surface area contributed by atoms with Crippen molar-refractivity contribution in [1.82, 2.24) is 0 Å². The minimum Gasteiger partial charge on any atom is -0.744 e. The maximum Gasteiger partial charge on any atom is 1.00 e. The molecule has 39 heavy (non-hydrogen) atoms. The molecule has 0 saturated heterocycles. The molecular formula is C34H55KO3S.